The molecule has 0 aliphatic heterocycles. The van der Waals surface area contributed by atoms with Gasteiger partial charge in [0.2, 0.25) is 0 Å². The number of nitrogens with zero attached hydrogens (tertiary/aromatic N) is 6. The maximum Gasteiger partial charge on any atom is 0.271 e. The first-order valence-corrected chi connectivity index (χ1v) is 10.5. The lowest BCUT2D eigenvalue weighted by molar-refractivity contribution is 1.12. The number of rotatable bonds is 2. The van der Waals surface area contributed by atoms with Gasteiger partial charge in [-0.15, -0.1) is 11.3 Å². The van der Waals surface area contributed by atoms with Crippen molar-refractivity contribution in [2.24, 2.45) is 0 Å². The lowest BCUT2D eigenvalue weighted by atomic mass is 10.0. The molecule has 0 atom stereocenters. The smallest absolute Gasteiger partial charge is 0.233 e. The van der Waals surface area contributed by atoms with E-state index >= 15 is 0 Å². The molecule has 2 aromatic carbocycles. The van der Waals surface area contributed by atoms with E-state index in [0.717, 1.165) is 20.9 Å². The predicted octanol–water partition coefficient (Wildman–Crippen LogP) is 5.80. The zero-order valence-corrected chi connectivity index (χ0v) is 17.7. The van der Waals surface area contributed by atoms with Gasteiger partial charge < -0.3 is 0 Å². The summed E-state index contributed by atoms with van der Waals surface area (Å²) in [5, 5.41) is 28.3. The van der Waals surface area contributed by atoms with Gasteiger partial charge in [-0.3, -0.25) is 0 Å². The van der Waals surface area contributed by atoms with Crippen molar-refractivity contribution < 1.29 is 0 Å². The topological polar surface area (TPSA) is 102 Å². The molecule has 2 heterocycles. The fraction of sp³-hybridized carbons (Fsp3) is 0. The van der Waals surface area contributed by atoms with E-state index in [4.69, 9.17) is 6.57 Å². The Morgan fingerprint density at radius 3 is 2.09 bits per heavy atom. The summed E-state index contributed by atoms with van der Waals surface area (Å²) in [6.45, 7) is 7.43. The van der Waals surface area contributed by atoms with Gasteiger partial charge >= 0.3 is 0 Å². The van der Waals surface area contributed by atoms with Crippen molar-refractivity contribution in [1.29, 1.82) is 15.8 Å². The van der Waals surface area contributed by atoms with Crippen LogP contribution in [0.5, 0.6) is 0 Å². The first-order chi connectivity index (χ1) is 16.2. The van der Waals surface area contributed by atoms with Crippen LogP contribution in [0.4, 0.5) is 0 Å². The van der Waals surface area contributed by atoms with Gasteiger partial charge in [-0.1, -0.05) is 42.5 Å². The molecule has 0 fully saturated rings. The van der Waals surface area contributed by atoms with Gasteiger partial charge in [0, 0.05) is 20.9 Å². The van der Waals surface area contributed by atoms with Crippen LogP contribution in [-0.4, -0.2) is 9.97 Å². The zero-order valence-electron chi connectivity index (χ0n) is 16.9. The molecule has 7 heteroatoms. The van der Waals surface area contributed by atoms with Crippen LogP contribution in [0.1, 0.15) is 22.6 Å². The van der Waals surface area contributed by atoms with Crippen molar-refractivity contribution in [3.05, 3.63) is 100 Å². The van der Waals surface area contributed by atoms with Gasteiger partial charge in [0.25, 0.3) is 5.70 Å². The number of fused-ring (bicyclic) bond motifs is 3. The lowest BCUT2D eigenvalue weighted by Crippen LogP contribution is -2.00. The summed E-state index contributed by atoms with van der Waals surface area (Å²) in [6, 6.07) is 25.6. The summed E-state index contributed by atoms with van der Waals surface area (Å²) in [4.78, 5) is 14.2. The van der Waals surface area contributed by atoms with Gasteiger partial charge in [-0.2, -0.15) is 10.5 Å². The molecular formula is C26H10N6S. The minimum Gasteiger partial charge on any atom is -0.233 e. The Morgan fingerprint density at radius 2 is 1.45 bits per heavy atom. The standard InChI is InChI=1S/C26H10N6S/c1-30-21(14-29)24-17-8-7-16(23-10-9-22(33-23)15-5-3-2-4-6-15)11-18(17)25-26(24)32-20(13-28)19(12-27)31-25/h2-11H/b24-21+. The molecule has 5 rings (SSSR count). The zero-order chi connectivity index (χ0) is 22.9. The Morgan fingerprint density at radius 1 is 0.788 bits per heavy atom. The van der Waals surface area contributed by atoms with Crippen molar-refractivity contribution in [1.82, 2.24) is 9.97 Å². The Kier molecular flexibility index (Phi) is 4.74. The number of thiophene rings is 1. The van der Waals surface area contributed by atoms with E-state index in [9.17, 15) is 15.8 Å². The first-order valence-electron chi connectivity index (χ1n) is 9.73. The summed E-state index contributed by atoms with van der Waals surface area (Å²) >= 11 is 1.65. The van der Waals surface area contributed by atoms with Crippen LogP contribution in [0.15, 0.2) is 66.4 Å². The molecule has 0 radical (unpaired) electrons. The number of benzene rings is 2. The molecule has 33 heavy (non-hydrogen) atoms. The minimum absolute atomic E-state index is 0.0855. The van der Waals surface area contributed by atoms with Crippen LogP contribution in [0.25, 0.3) is 42.6 Å². The molecule has 150 valence electrons. The highest BCUT2D eigenvalue weighted by molar-refractivity contribution is 7.18. The van der Waals surface area contributed by atoms with Crippen molar-refractivity contribution in [2.45, 2.75) is 0 Å². The van der Waals surface area contributed by atoms with Crippen LogP contribution in [0.2, 0.25) is 0 Å². The fourth-order valence-corrected chi connectivity index (χ4v) is 4.83. The summed E-state index contributed by atoms with van der Waals surface area (Å²) < 4.78 is 0. The quantitative estimate of drug-likeness (QED) is 0.256. The summed E-state index contributed by atoms with van der Waals surface area (Å²) in [6.07, 6.45) is 0. The van der Waals surface area contributed by atoms with Crippen molar-refractivity contribution in [3.8, 4) is 50.3 Å². The Labute approximate surface area is 193 Å². The molecule has 4 aromatic rings. The maximum absolute atomic E-state index is 9.52. The third kappa shape index (κ3) is 3.14. The average Bonchev–Trinajstić information content (AvgIpc) is 3.48. The van der Waals surface area contributed by atoms with E-state index in [-0.39, 0.29) is 22.8 Å². The summed E-state index contributed by atoms with van der Waals surface area (Å²) in [7, 11) is 0. The molecule has 0 saturated heterocycles. The third-order valence-corrected chi connectivity index (χ3v) is 6.48. The predicted molar refractivity (Wildman–Crippen MR) is 124 cm³/mol. The molecular weight excluding hydrogens is 428 g/mol. The number of nitriles is 3. The third-order valence-electron chi connectivity index (χ3n) is 5.29. The fourth-order valence-electron chi connectivity index (χ4n) is 3.82. The van der Waals surface area contributed by atoms with Crippen LogP contribution in [-0.2, 0) is 0 Å². The average molecular weight is 438 g/mol. The van der Waals surface area contributed by atoms with Crippen LogP contribution < -0.4 is 0 Å². The van der Waals surface area contributed by atoms with E-state index in [1.165, 1.54) is 0 Å². The number of allylic oxidation sites excluding steroid dienone is 1. The van der Waals surface area contributed by atoms with Gasteiger partial charge in [-0.05, 0) is 34.9 Å². The Balaban J connectivity index is 1.72. The molecule has 2 aromatic heterocycles. The molecule has 0 N–H and O–H groups in total. The Hall–Kier alpha value is -5.08. The van der Waals surface area contributed by atoms with Crippen LogP contribution in [0, 0.1) is 40.6 Å². The Bertz CT molecular complexity index is 1630. The molecule has 0 amide bonds. The van der Waals surface area contributed by atoms with Crippen LogP contribution >= 0.6 is 11.3 Å². The van der Waals surface area contributed by atoms with E-state index in [1.807, 2.05) is 60.7 Å². The van der Waals surface area contributed by atoms with Gasteiger partial charge in [0.05, 0.1) is 24.0 Å². The number of hydrogen-bond acceptors (Lipinski definition) is 6. The van der Waals surface area contributed by atoms with E-state index in [2.05, 4.69) is 33.0 Å². The lowest BCUT2D eigenvalue weighted by Gasteiger charge is -2.04. The van der Waals surface area contributed by atoms with Gasteiger partial charge in [0.15, 0.2) is 11.4 Å². The molecule has 1 aliphatic rings. The van der Waals surface area contributed by atoms with Crippen LogP contribution in [0.3, 0.4) is 0 Å². The van der Waals surface area contributed by atoms with E-state index in [0.29, 0.717) is 22.4 Å². The monoisotopic (exact) mass is 438 g/mol. The molecule has 0 bridgehead atoms. The maximum atomic E-state index is 9.52. The van der Waals surface area contributed by atoms with Crippen molar-refractivity contribution in [2.75, 3.05) is 0 Å². The van der Waals surface area contributed by atoms with Gasteiger partial charge in [-0.25, -0.2) is 20.1 Å². The number of hydrogen-bond donors (Lipinski definition) is 0. The minimum atomic E-state index is -0.131. The SMILES string of the molecule is [C-]#[N+]/C(C#N)=C1\c2ccc(-c3ccc(-c4ccccc4)s3)cc2-c2nc(C#N)c(C#N)nc21. The van der Waals surface area contributed by atoms with Crippen molar-refractivity contribution >= 4 is 16.9 Å². The highest BCUT2D eigenvalue weighted by Gasteiger charge is 2.31. The molecule has 0 spiro atoms. The highest BCUT2D eigenvalue weighted by Crippen LogP contribution is 2.46. The largest absolute Gasteiger partial charge is 0.271 e. The highest BCUT2D eigenvalue weighted by atomic mass is 32.1. The molecule has 0 saturated carbocycles. The van der Waals surface area contributed by atoms with E-state index in [1.54, 1.807) is 11.3 Å². The van der Waals surface area contributed by atoms with E-state index < -0.39 is 0 Å². The summed E-state index contributed by atoms with van der Waals surface area (Å²) in [5.74, 6) is 0. The second kappa shape index (κ2) is 7.88. The summed E-state index contributed by atoms with van der Waals surface area (Å²) in [5.41, 5.74) is 4.07. The number of aromatic nitrogens is 2. The molecule has 1 aliphatic carbocycles. The second-order valence-corrected chi connectivity index (χ2v) is 8.16. The van der Waals surface area contributed by atoms with Crippen molar-refractivity contribution in [3.63, 3.8) is 0 Å². The first kappa shape index (κ1) is 19.9. The normalized spacial score (nSPS) is 12.5. The second-order valence-electron chi connectivity index (χ2n) is 7.08. The molecule has 0 unspecified atom stereocenters. The molecule has 6 nitrogen and oxygen atoms in total. The van der Waals surface area contributed by atoms with Gasteiger partial charge in [0.1, 0.15) is 12.1 Å².